The number of amides is 1. The minimum Gasteiger partial charge on any atom is -0.393 e. The number of nitrogens with zero attached hydrogens (tertiary/aromatic N) is 3. The van der Waals surface area contributed by atoms with E-state index in [1.807, 2.05) is 18.2 Å². The van der Waals surface area contributed by atoms with Crippen LogP contribution < -0.4 is 10.2 Å². The molecule has 40 heavy (non-hydrogen) atoms. The maximum absolute atomic E-state index is 13.4. The van der Waals surface area contributed by atoms with Gasteiger partial charge in [0.05, 0.1) is 30.5 Å². The molecule has 3 saturated heterocycles. The molecule has 0 radical (unpaired) electrons. The molecule has 3 aliphatic heterocycles. The van der Waals surface area contributed by atoms with Crippen LogP contribution >= 0.6 is 0 Å². The molecule has 1 aromatic heterocycles. The molecule has 0 spiro atoms. The second kappa shape index (κ2) is 10.8. The Morgan fingerprint density at radius 2 is 1.75 bits per heavy atom. The van der Waals surface area contributed by atoms with E-state index in [1.165, 1.54) is 24.9 Å². The van der Waals surface area contributed by atoms with Crippen molar-refractivity contribution >= 4 is 22.5 Å². The zero-order valence-electron chi connectivity index (χ0n) is 23.3. The number of piperidine rings is 1. The number of morpholine rings is 1. The van der Waals surface area contributed by atoms with Crippen LogP contribution in [0.15, 0.2) is 42.5 Å². The monoisotopic (exact) mass is 543 g/mol. The van der Waals surface area contributed by atoms with Crippen molar-refractivity contribution in [1.29, 1.82) is 0 Å². The Hall–Kier alpha value is -2.94. The first-order valence-electron chi connectivity index (χ1n) is 15.3. The van der Waals surface area contributed by atoms with E-state index in [4.69, 9.17) is 4.74 Å². The number of carbonyl (C=O) groups excluding carboxylic acids is 1. The van der Waals surface area contributed by atoms with Gasteiger partial charge in [-0.2, -0.15) is 5.10 Å². The lowest BCUT2D eigenvalue weighted by molar-refractivity contribution is -0.0361. The zero-order chi connectivity index (χ0) is 27.1. The summed E-state index contributed by atoms with van der Waals surface area (Å²) in [5, 5.41) is 22.2. The molecule has 3 aromatic rings. The molecule has 1 saturated carbocycles. The van der Waals surface area contributed by atoms with Crippen molar-refractivity contribution in [2.24, 2.45) is 0 Å². The number of aromatic nitrogens is 2. The zero-order valence-corrected chi connectivity index (χ0v) is 23.3. The number of aliphatic hydroxyl groups excluding tert-OH is 1. The number of hydrogen-bond acceptors (Lipinski definition) is 6. The number of ether oxygens (including phenoxy) is 1. The van der Waals surface area contributed by atoms with Crippen molar-refractivity contribution in [1.82, 2.24) is 20.4 Å². The van der Waals surface area contributed by atoms with Crippen LogP contribution in [-0.4, -0.2) is 82.7 Å². The van der Waals surface area contributed by atoms with Crippen LogP contribution in [0.4, 0.5) is 5.69 Å². The van der Waals surface area contributed by atoms with Crippen LogP contribution in [0.3, 0.4) is 0 Å². The average molecular weight is 544 g/mol. The number of fused-ring (bicyclic) bond motifs is 3. The highest BCUT2D eigenvalue weighted by molar-refractivity contribution is 6.01. The van der Waals surface area contributed by atoms with Gasteiger partial charge in [0.2, 0.25) is 0 Å². The Bertz CT molecular complexity index is 1330. The van der Waals surface area contributed by atoms with Gasteiger partial charge in [0.15, 0.2) is 0 Å². The molecule has 8 nitrogen and oxygen atoms in total. The fraction of sp³-hybridized carbons (Fsp3) is 0.562. The van der Waals surface area contributed by atoms with E-state index >= 15 is 0 Å². The molecule has 4 aliphatic rings. The van der Waals surface area contributed by atoms with Crippen LogP contribution in [0.25, 0.3) is 22.2 Å². The Balaban J connectivity index is 1.09. The summed E-state index contributed by atoms with van der Waals surface area (Å²) in [5.74, 6) is -0.0228. The maximum Gasteiger partial charge on any atom is 0.251 e. The second-order valence-electron chi connectivity index (χ2n) is 12.4. The molecular formula is C32H41N5O3. The van der Waals surface area contributed by atoms with Gasteiger partial charge in [0.25, 0.3) is 5.91 Å². The first-order chi connectivity index (χ1) is 19.6. The van der Waals surface area contributed by atoms with Gasteiger partial charge in [-0.15, -0.1) is 0 Å². The standard InChI is InChI=1S/C32H41N5O3/c38-27-19-25-9-10-26(20-27)37(25)24-7-4-22(5-8-24)30-28-18-23(6-11-29(28)34-35-30)31(39)33-21-32(12-2-1-3-13-32)36-14-16-40-17-15-36/h4-8,11,18,25-27,38H,1-3,9-10,12-17,19-21H2,(H,33,39)(H,34,35)/t25-,26+,27-. The number of H-pyrrole nitrogens is 1. The Kier molecular flexibility index (Phi) is 7.02. The average Bonchev–Trinajstić information content (AvgIpc) is 3.55. The molecule has 2 bridgehead atoms. The lowest BCUT2D eigenvalue weighted by atomic mass is 9.79. The summed E-state index contributed by atoms with van der Waals surface area (Å²) in [7, 11) is 0. The van der Waals surface area contributed by atoms with Crippen LogP contribution in [0.5, 0.6) is 0 Å². The van der Waals surface area contributed by atoms with Gasteiger partial charge >= 0.3 is 0 Å². The minimum absolute atomic E-state index is 0.0228. The van der Waals surface area contributed by atoms with Gasteiger partial charge in [-0.05, 0) is 68.9 Å². The van der Waals surface area contributed by atoms with Gasteiger partial charge in [0, 0.05) is 59.5 Å². The third kappa shape index (κ3) is 4.80. The lowest BCUT2D eigenvalue weighted by Crippen LogP contribution is -2.59. The van der Waals surface area contributed by atoms with E-state index in [9.17, 15) is 9.90 Å². The first-order valence-corrected chi connectivity index (χ1v) is 15.3. The van der Waals surface area contributed by atoms with E-state index in [2.05, 4.69) is 49.6 Å². The summed E-state index contributed by atoms with van der Waals surface area (Å²) in [6.45, 7) is 4.12. The Morgan fingerprint density at radius 1 is 1.02 bits per heavy atom. The normalized spacial score (nSPS) is 26.7. The predicted molar refractivity (Wildman–Crippen MR) is 157 cm³/mol. The van der Waals surface area contributed by atoms with Gasteiger partial charge in [-0.25, -0.2) is 0 Å². The van der Waals surface area contributed by atoms with E-state index in [1.54, 1.807) is 0 Å². The quantitative estimate of drug-likeness (QED) is 0.424. The number of aromatic amines is 1. The smallest absolute Gasteiger partial charge is 0.251 e. The molecule has 0 unspecified atom stereocenters. The molecule has 1 amide bonds. The molecule has 7 rings (SSSR count). The van der Waals surface area contributed by atoms with E-state index in [0.717, 1.165) is 87.0 Å². The SMILES string of the molecule is O=C(NCC1(N2CCOCC2)CCCCC1)c1ccc2[nH]nc(-c3ccc(N4[C@@H]5CC[C@H]4C[C@H](O)C5)cc3)c2c1. The summed E-state index contributed by atoms with van der Waals surface area (Å²) < 4.78 is 5.62. The molecule has 212 valence electrons. The molecule has 4 heterocycles. The van der Waals surface area contributed by atoms with Crippen LogP contribution in [0.1, 0.15) is 68.1 Å². The molecular weight excluding hydrogens is 502 g/mol. The van der Waals surface area contributed by atoms with E-state index in [-0.39, 0.29) is 17.6 Å². The fourth-order valence-electron chi connectivity index (χ4n) is 7.94. The highest BCUT2D eigenvalue weighted by atomic mass is 16.5. The molecule has 3 N–H and O–H groups in total. The van der Waals surface area contributed by atoms with Crippen LogP contribution in [0, 0.1) is 0 Å². The number of benzene rings is 2. The highest BCUT2D eigenvalue weighted by Gasteiger charge is 2.40. The minimum atomic E-state index is -0.164. The fourth-order valence-corrected chi connectivity index (χ4v) is 7.94. The number of hydrogen-bond donors (Lipinski definition) is 3. The van der Waals surface area contributed by atoms with Gasteiger partial charge < -0.3 is 20.1 Å². The molecule has 4 fully saturated rings. The van der Waals surface area contributed by atoms with Crippen molar-refractivity contribution in [3.05, 3.63) is 48.0 Å². The molecule has 2 aromatic carbocycles. The topological polar surface area (TPSA) is 93.7 Å². The summed E-state index contributed by atoms with van der Waals surface area (Å²) >= 11 is 0. The third-order valence-corrected chi connectivity index (χ3v) is 10.0. The first kappa shape index (κ1) is 26.0. The summed E-state index contributed by atoms with van der Waals surface area (Å²) in [6.07, 6.45) is 9.86. The van der Waals surface area contributed by atoms with E-state index < -0.39 is 0 Å². The van der Waals surface area contributed by atoms with Crippen molar-refractivity contribution in [3.63, 3.8) is 0 Å². The molecule has 1 aliphatic carbocycles. The van der Waals surface area contributed by atoms with Crippen molar-refractivity contribution < 1.29 is 14.6 Å². The Morgan fingerprint density at radius 3 is 2.48 bits per heavy atom. The van der Waals surface area contributed by atoms with Gasteiger partial charge in [-0.3, -0.25) is 14.8 Å². The number of anilines is 1. The third-order valence-electron chi connectivity index (χ3n) is 10.0. The van der Waals surface area contributed by atoms with Gasteiger partial charge in [0.1, 0.15) is 0 Å². The second-order valence-corrected chi connectivity index (χ2v) is 12.4. The van der Waals surface area contributed by atoms with Crippen molar-refractivity contribution in [2.45, 2.75) is 81.5 Å². The van der Waals surface area contributed by atoms with Crippen molar-refractivity contribution in [2.75, 3.05) is 37.7 Å². The summed E-state index contributed by atoms with van der Waals surface area (Å²) in [4.78, 5) is 18.5. The summed E-state index contributed by atoms with van der Waals surface area (Å²) in [6, 6.07) is 15.3. The number of rotatable bonds is 6. The largest absolute Gasteiger partial charge is 0.393 e. The predicted octanol–water partition coefficient (Wildman–Crippen LogP) is 4.49. The van der Waals surface area contributed by atoms with Crippen molar-refractivity contribution in [3.8, 4) is 11.3 Å². The van der Waals surface area contributed by atoms with Crippen LogP contribution in [-0.2, 0) is 4.74 Å². The van der Waals surface area contributed by atoms with Crippen LogP contribution in [0.2, 0.25) is 0 Å². The molecule has 3 atom stereocenters. The Labute approximate surface area is 236 Å². The van der Waals surface area contributed by atoms with Gasteiger partial charge in [-0.1, -0.05) is 31.4 Å². The molecule has 8 heteroatoms. The highest BCUT2D eigenvalue weighted by Crippen LogP contribution is 2.40. The summed E-state index contributed by atoms with van der Waals surface area (Å²) in [5.41, 5.74) is 4.76. The van der Waals surface area contributed by atoms with E-state index in [0.29, 0.717) is 24.2 Å². The maximum atomic E-state index is 13.4. The number of aliphatic hydroxyl groups is 1. The lowest BCUT2D eigenvalue weighted by Gasteiger charge is -2.48. The number of carbonyl (C=O) groups is 1. The number of nitrogens with one attached hydrogen (secondary N) is 2.